The predicted molar refractivity (Wildman–Crippen MR) is 321 cm³/mol. The summed E-state index contributed by atoms with van der Waals surface area (Å²) in [6.45, 7) is 26.8. The van der Waals surface area contributed by atoms with Gasteiger partial charge < -0.3 is 14.7 Å². The highest BCUT2D eigenvalue weighted by Crippen LogP contribution is 2.65. The molecule has 5 aliphatic rings. The fourth-order valence-electron chi connectivity index (χ4n) is 14.9. The van der Waals surface area contributed by atoms with Crippen LogP contribution in [0.1, 0.15) is 148 Å². The SMILES string of the molecule is CC(C)(C)c1ccc(N2c3cc4c(cc3B3c5ccccc5N(c5ccccc5)c5cc(N6c7ccc(C(C)(C)C)cc7C7(c8ccccc8)CCCCC67C)cc2c53)C(C)(C)CCC4(C)C)c(-c2ccccc2)c1. The summed E-state index contributed by atoms with van der Waals surface area (Å²) in [4.78, 5) is 8.20. The maximum Gasteiger partial charge on any atom is 0.252 e. The lowest BCUT2D eigenvalue weighted by atomic mass is 9.33. The van der Waals surface area contributed by atoms with Crippen molar-refractivity contribution in [1.82, 2.24) is 0 Å². The van der Waals surface area contributed by atoms with Crippen LogP contribution in [0, 0.1) is 0 Å². The summed E-state index contributed by atoms with van der Waals surface area (Å²) in [5.41, 5.74) is 24.7. The van der Waals surface area contributed by atoms with E-state index in [-0.39, 0.29) is 39.3 Å². The third kappa shape index (κ3) is 7.06. The van der Waals surface area contributed by atoms with Crippen molar-refractivity contribution >= 4 is 68.6 Å². The first-order valence-corrected chi connectivity index (χ1v) is 28.1. The molecule has 75 heavy (non-hydrogen) atoms. The van der Waals surface area contributed by atoms with Gasteiger partial charge in [-0.15, -0.1) is 0 Å². The molecule has 13 rings (SSSR count). The molecule has 376 valence electrons. The molecule has 3 heterocycles. The topological polar surface area (TPSA) is 9.72 Å². The molecule has 0 saturated heterocycles. The highest BCUT2D eigenvalue weighted by atomic mass is 15.3. The van der Waals surface area contributed by atoms with Crippen molar-refractivity contribution in [3.63, 3.8) is 0 Å². The molecule has 3 aliphatic heterocycles. The van der Waals surface area contributed by atoms with Gasteiger partial charge in [0.1, 0.15) is 0 Å². The van der Waals surface area contributed by atoms with Crippen LogP contribution in [0.2, 0.25) is 0 Å². The molecular formula is C71H74BN3. The van der Waals surface area contributed by atoms with Gasteiger partial charge in [-0.3, -0.25) is 0 Å². The monoisotopic (exact) mass is 980 g/mol. The maximum atomic E-state index is 2.85. The van der Waals surface area contributed by atoms with E-state index in [9.17, 15) is 0 Å². The summed E-state index contributed by atoms with van der Waals surface area (Å²) in [5.74, 6) is 0. The summed E-state index contributed by atoms with van der Waals surface area (Å²) in [6.07, 6.45) is 6.87. The van der Waals surface area contributed by atoms with Gasteiger partial charge in [0.2, 0.25) is 0 Å². The Labute approximate surface area is 448 Å². The minimum Gasteiger partial charge on any atom is -0.334 e. The van der Waals surface area contributed by atoms with Gasteiger partial charge in [0.05, 0.1) is 11.2 Å². The van der Waals surface area contributed by atoms with Gasteiger partial charge in [0.25, 0.3) is 6.71 Å². The number of fused-ring (bicyclic) bond motifs is 8. The summed E-state index contributed by atoms with van der Waals surface area (Å²) in [6, 6.07) is 68.9. The van der Waals surface area contributed by atoms with Crippen molar-refractivity contribution in [2.75, 3.05) is 14.7 Å². The highest BCUT2D eigenvalue weighted by Gasteiger charge is 2.62. The Hall–Kier alpha value is -6.78. The summed E-state index contributed by atoms with van der Waals surface area (Å²) in [5, 5.41) is 0. The quantitative estimate of drug-likeness (QED) is 0.159. The van der Waals surface area contributed by atoms with Gasteiger partial charge in [-0.05, 0) is 164 Å². The van der Waals surface area contributed by atoms with E-state index in [1.807, 2.05) is 0 Å². The molecule has 1 saturated carbocycles. The molecule has 0 radical (unpaired) electrons. The molecule has 2 aliphatic carbocycles. The Kier molecular flexibility index (Phi) is 10.6. The Morgan fingerprint density at radius 1 is 0.413 bits per heavy atom. The van der Waals surface area contributed by atoms with Crippen LogP contribution in [0.25, 0.3) is 11.1 Å². The number of anilines is 8. The first kappa shape index (κ1) is 47.9. The second kappa shape index (κ2) is 16.6. The second-order valence-electron chi connectivity index (χ2n) is 26.5. The van der Waals surface area contributed by atoms with Gasteiger partial charge in [0, 0.05) is 50.8 Å². The van der Waals surface area contributed by atoms with E-state index in [1.165, 1.54) is 119 Å². The number of hydrogen-bond acceptors (Lipinski definition) is 3. The first-order valence-electron chi connectivity index (χ1n) is 28.1. The van der Waals surface area contributed by atoms with Gasteiger partial charge >= 0.3 is 0 Å². The van der Waals surface area contributed by atoms with Crippen LogP contribution in [0.4, 0.5) is 45.5 Å². The standard InChI is InChI=1S/C71H74BN3/c1-66(2,3)49-33-35-59(53(41-49)47-25-15-12-16-26-47)74-62-46-55-54(68(7,8)39-40-69(55,9)10)45-58(62)72-57-31-21-22-32-61(57)73(51-29-19-14-20-30-51)63-43-52(44-64(74)65(63)72)75-60-36-34-50(67(4,5)6)42-56(60)71(48-27-17-13-18-28-48)38-24-23-37-70(71,75)11/h12-22,25-36,41-46H,23-24,37-40H2,1-11H3. The van der Waals surface area contributed by atoms with Crippen molar-refractivity contribution in [3.05, 3.63) is 209 Å². The molecule has 1 fully saturated rings. The van der Waals surface area contributed by atoms with Crippen LogP contribution in [0.3, 0.4) is 0 Å². The minimum atomic E-state index is -0.272. The average molecular weight is 980 g/mol. The van der Waals surface area contributed by atoms with E-state index in [4.69, 9.17) is 0 Å². The van der Waals surface area contributed by atoms with Crippen molar-refractivity contribution < 1.29 is 0 Å². The fourth-order valence-corrected chi connectivity index (χ4v) is 14.9. The van der Waals surface area contributed by atoms with Crippen molar-refractivity contribution in [2.24, 2.45) is 0 Å². The van der Waals surface area contributed by atoms with Gasteiger partial charge in [-0.25, -0.2) is 0 Å². The van der Waals surface area contributed by atoms with Crippen LogP contribution in [-0.2, 0) is 27.1 Å². The Morgan fingerprint density at radius 3 is 1.64 bits per heavy atom. The van der Waals surface area contributed by atoms with Crippen LogP contribution >= 0.6 is 0 Å². The highest BCUT2D eigenvalue weighted by molar-refractivity contribution is 7.00. The molecule has 8 aromatic carbocycles. The fraction of sp³-hybridized carbons (Fsp3) is 0.324. The lowest BCUT2D eigenvalue weighted by Crippen LogP contribution is -2.62. The lowest BCUT2D eigenvalue weighted by molar-refractivity contribution is 0.215. The number of rotatable bonds is 5. The number of hydrogen-bond donors (Lipinski definition) is 0. The predicted octanol–water partition coefficient (Wildman–Crippen LogP) is 17.2. The molecule has 3 nitrogen and oxygen atoms in total. The third-order valence-corrected chi connectivity index (χ3v) is 19.1. The number of para-hydroxylation sites is 2. The van der Waals surface area contributed by atoms with E-state index >= 15 is 0 Å². The molecular weight excluding hydrogens is 906 g/mol. The van der Waals surface area contributed by atoms with Gasteiger partial charge in [-0.2, -0.15) is 0 Å². The summed E-state index contributed by atoms with van der Waals surface area (Å²) >= 11 is 0. The molecule has 0 N–H and O–H groups in total. The molecule has 0 aromatic heterocycles. The van der Waals surface area contributed by atoms with Crippen molar-refractivity contribution in [2.45, 2.75) is 147 Å². The summed E-state index contributed by atoms with van der Waals surface area (Å²) in [7, 11) is 0. The average Bonchev–Trinajstić information content (AvgIpc) is 3.67. The lowest BCUT2D eigenvalue weighted by Gasteiger charge is -2.53. The zero-order chi connectivity index (χ0) is 52.0. The van der Waals surface area contributed by atoms with Gasteiger partial charge in [-0.1, -0.05) is 203 Å². The molecule has 8 aromatic rings. The van der Waals surface area contributed by atoms with E-state index in [2.05, 4.69) is 267 Å². The van der Waals surface area contributed by atoms with Crippen molar-refractivity contribution in [1.29, 1.82) is 0 Å². The Bertz CT molecular complexity index is 3560. The van der Waals surface area contributed by atoms with E-state index < -0.39 is 0 Å². The smallest absolute Gasteiger partial charge is 0.252 e. The second-order valence-corrected chi connectivity index (χ2v) is 26.5. The van der Waals surface area contributed by atoms with Crippen LogP contribution in [0.15, 0.2) is 176 Å². The van der Waals surface area contributed by atoms with E-state index in [1.54, 1.807) is 0 Å². The summed E-state index contributed by atoms with van der Waals surface area (Å²) < 4.78 is 0. The largest absolute Gasteiger partial charge is 0.334 e. The molecule has 4 heteroatoms. The zero-order valence-electron chi connectivity index (χ0n) is 46.4. The Morgan fingerprint density at radius 2 is 0.973 bits per heavy atom. The van der Waals surface area contributed by atoms with Crippen LogP contribution in [-0.4, -0.2) is 12.3 Å². The maximum absolute atomic E-state index is 2.85. The van der Waals surface area contributed by atoms with Crippen molar-refractivity contribution in [3.8, 4) is 11.1 Å². The zero-order valence-corrected chi connectivity index (χ0v) is 46.4. The number of benzene rings is 8. The van der Waals surface area contributed by atoms with E-state index in [0.29, 0.717) is 0 Å². The molecule has 2 unspecified atom stereocenters. The first-order chi connectivity index (χ1) is 35.8. The molecule has 0 bridgehead atoms. The minimum absolute atomic E-state index is 0.000472. The van der Waals surface area contributed by atoms with E-state index in [0.717, 1.165) is 25.7 Å². The Balaban J connectivity index is 1.19. The molecule has 2 atom stereocenters. The normalized spacial score (nSPS) is 20.9. The van der Waals surface area contributed by atoms with Crippen LogP contribution in [0.5, 0.6) is 0 Å². The third-order valence-electron chi connectivity index (χ3n) is 19.1. The molecule has 0 amide bonds. The van der Waals surface area contributed by atoms with Crippen LogP contribution < -0.4 is 31.1 Å². The molecule has 0 spiro atoms. The van der Waals surface area contributed by atoms with Gasteiger partial charge in [0.15, 0.2) is 0 Å². The number of nitrogens with zero attached hydrogens (tertiary/aromatic N) is 3.